The maximum atomic E-state index is 11.7. The van der Waals surface area contributed by atoms with Crippen LogP contribution in [0.25, 0.3) is 0 Å². The number of amides is 1. The molecular weight excluding hydrogens is 397 g/mol. The SMILES string of the molecule is CCC(=O)N[C@H](NC(=S)Nc1ccccc1C(=O)OC)C(Cl)(Cl)Cl. The molecule has 0 saturated heterocycles. The third-order valence-corrected chi connectivity index (χ3v) is 3.68. The lowest BCUT2D eigenvalue weighted by Gasteiger charge is -2.27. The zero-order valence-electron chi connectivity index (χ0n) is 12.9. The number of anilines is 1. The number of thiocarbonyl (C=S) groups is 1. The van der Waals surface area contributed by atoms with E-state index in [9.17, 15) is 9.59 Å². The Kier molecular flexibility index (Phi) is 8.02. The summed E-state index contributed by atoms with van der Waals surface area (Å²) in [5, 5.41) is 8.07. The van der Waals surface area contributed by atoms with Gasteiger partial charge >= 0.3 is 5.97 Å². The van der Waals surface area contributed by atoms with E-state index < -0.39 is 15.9 Å². The molecule has 1 atom stereocenters. The van der Waals surface area contributed by atoms with Crippen LogP contribution >= 0.6 is 47.0 Å². The molecule has 6 nitrogen and oxygen atoms in total. The van der Waals surface area contributed by atoms with Crippen LogP contribution in [0.15, 0.2) is 24.3 Å². The first-order valence-electron chi connectivity index (χ1n) is 6.80. The molecule has 0 unspecified atom stereocenters. The summed E-state index contributed by atoms with van der Waals surface area (Å²) < 4.78 is 2.86. The van der Waals surface area contributed by atoms with E-state index >= 15 is 0 Å². The van der Waals surface area contributed by atoms with Crippen LogP contribution in [-0.4, -0.2) is 34.1 Å². The Labute approximate surface area is 160 Å². The zero-order valence-corrected chi connectivity index (χ0v) is 15.9. The van der Waals surface area contributed by atoms with Crippen molar-refractivity contribution in [1.29, 1.82) is 0 Å². The van der Waals surface area contributed by atoms with Crippen LogP contribution in [0.5, 0.6) is 0 Å². The number of hydrogen-bond acceptors (Lipinski definition) is 4. The van der Waals surface area contributed by atoms with E-state index in [2.05, 4.69) is 16.0 Å². The van der Waals surface area contributed by atoms with Crippen LogP contribution in [0.1, 0.15) is 23.7 Å². The van der Waals surface area contributed by atoms with E-state index in [1.54, 1.807) is 31.2 Å². The molecule has 0 saturated carbocycles. The van der Waals surface area contributed by atoms with Crippen molar-refractivity contribution in [2.24, 2.45) is 0 Å². The summed E-state index contributed by atoms with van der Waals surface area (Å²) in [6.07, 6.45) is -0.843. The predicted molar refractivity (Wildman–Crippen MR) is 99.6 cm³/mol. The number of nitrogens with one attached hydrogen (secondary N) is 3. The second-order valence-electron chi connectivity index (χ2n) is 4.53. The van der Waals surface area contributed by atoms with E-state index in [0.29, 0.717) is 5.69 Å². The minimum Gasteiger partial charge on any atom is -0.465 e. The summed E-state index contributed by atoms with van der Waals surface area (Å²) in [6.45, 7) is 1.66. The van der Waals surface area contributed by atoms with Gasteiger partial charge in [0.05, 0.1) is 18.4 Å². The van der Waals surface area contributed by atoms with Crippen molar-refractivity contribution in [3.63, 3.8) is 0 Å². The molecule has 0 radical (unpaired) electrons. The number of benzene rings is 1. The van der Waals surface area contributed by atoms with Crippen LogP contribution in [-0.2, 0) is 9.53 Å². The van der Waals surface area contributed by atoms with Gasteiger partial charge in [-0.3, -0.25) is 4.79 Å². The van der Waals surface area contributed by atoms with Crippen molar-refractivity contribution in [2.75, 3.05) is 12.4 Å². The van der Waals surface area contributed by atoms with Gasteiger partial charge in [0.2, 0.25) is 9.70 Å². The predicted octanol–water partition coefficient (Wildman–Crippen LogP) is 2.98. The molecule has 0 aliphatic rings. The van der Waals surface area contributed by atoms with Crippen molar-refractivity contribution in [1.82, 2.24) is 10.6 Å². The number of alkyl halides is 3. The molecule has 0 spiro atoms. The van der Waals surface area contributed by atoms with Gasteiger partial charge in [-0.05, 0) is 24.4 Å². The number of esters is 1. The molecular formula is C14H16Cl3N3O3S. The molecule has 1 aromatic rings. The van der Waals surface area contributed by atoms with Crippen molar-refractivity contribution >= 4 is 69.7 Å². The minimum absolute atomic E-state index is 0.0547. The largest absolute Gasteiger partial charge is 0.465 e. The smallest absolute Gasteiger partial charge is 0.339 e. The molecule has 0 aliphatic carbocycles. The van der Waals surface area contributed by atoms with Crippen molar-refractivity contribution in [3.05, 3.63) is 29.8 Å². The topological polar surface area (TPSA) is 79.5 Å². The van der Waals surface area contributed by atoms with Crippen molar-refractivity contribution in [2.45, 2.75) is 23.3 Å². The first-order valence-corrected chi connectivity index (χ1v) is 8.34. The molecule has 0 bridgehead atoms. The number of hydrogen-bond donors (Lipinski definition) is 3. The third-order valence-electron chi connectivity index (χ3n) is 2.81. The highest BCUT2D eigenvalue weighted by Crippen LogP contribution is 2.29. The van der Waals surface area contributed by atoms with Gasteiger partial charge in [-0.2, -0.15) is 0 Å². The fourth-order valence-corrected chi connectivity index (χ4v) is 2.19. The van der Waals surface area contributed by atoms with Crippen LogP contribution < -0.4 is 16.0 Å². The molecule has 10 heteroatoms. The number of ether oxygens (including phenoxy) is 1. The lowest BCUT2D eigenvalue weighted by atomic mass is 10.2. The molecule has 24 heavy (non-hydrogen) atoms. The van der Waals surface area contributed by atoms with Gasteiger partial charge in [-0.25, -0.2) is 4.79 Å². The molecule has 0 aliphatic heterocycles. The highest BCUT2D eigenvalue weighted by molar-refractivity contribution is 7.80. The Bertz CT molecular complexity index is 623. The summed E-state index contributed by atoms with van der Waals surface area (Å²) >= 11 is 22.7. The quantitative estimate of drug-likeness (QED) is 0.299. The minimum atomic E-state index is -1.83. The highest BCUT2D eigenvalue weighted by atomic mass is 35.6. The fourth-order valence-electron chi connectivity index (χ4n) is 1.63. The number of halogens is 3. The Morgan fingerprint density at radius 2 is 1.88 bits per heavy atom. The van der Waals surface area contributed by atoms with E-state index in [-0.39, 0.29) is 23.0 Å². The maximum absolute atomic E-state index is 11.7. The normalized spacial score (nSPS) is 12.0. The van der Waals surface area contributed by atoms with E-state index in [4.69, 9.17) is 51.8 Å². The van der Waals surface area contributed by atoms with Gasteiger partial charge in [0.15, 0.2) is 5.11 Å². The molecule has 3 N–H and O–H groups in total. The molecule has 0 heterocycles. The van der Waals surface area contributed by atoms with Gasteiger partial charge in [0.25, 0.3) is 0 Å². The van der Waals surface area contributed by atoms with E-state index in [1.807, 2.05) is 0 Å². The highest BCUT2D eigenvalue weighted by Gasteiger charge is 2.34. The second-order valence-corrected chi connectivity index (χ2v) is 7.31. The number of rotatable bonds is 5. The number of carbonyl (C=O) groups excluding carboxylic acids is 2. The van der Waals surface area contributed by atoms with Gasteiger partial charge < -0.3 is 20.7 Å². The van der Waals surface area contributed by atoms with Crippen LogP contribution in [0.4, 0.5) is 5.69 Å². The molecule has 0 fully saturated rings. The zero-order chi connectivity index (χ0) is 18.3. The van der Waals surface area contributed by atoms with E-state index in [1.165, 1.54) is 7.11 Å². The first-order chi connectivity index (χ1) is 11.2. The Balaban J connectivity index is 2.87. The summed E-state index contributed by atoms with van der Waals surface area (Å²) in [7, 11) is 1.27. The van der Waals surface area contributed by atoms with Crippen molar-refractivity contribution in [3.8, 4) is 0 Å². The first kappa shape index (κ1) is 20.8. The average molecular weight is 413 g/mol. The Morgan fingerprint density at radius 1 is 1.25 bits per heavy atom. The molecule has 0 aromatic heterocycles. The van der Waals surface area contributed by atoms with Crippen LogP contribution in [0.2, 0.25) is 0 Å². The molecule has 1 aromatic carbocycles. The number of carbonyl (C=O) groups is 2. The Morgan fingerprint density at radius 3 is 2.42 bits per heavy atom. The number of methoxy groups -OCH3 is 1. The second kappa shape index (κ2) is 9.27. The molecule has 132 valence electrons. The van der Waals surface area contributed by atoms with Gasteiger partial charge in [-0.15, -0.1) is 0 Å². The monoisotopic (exact) mass is 411 g/mol. The van der Waals surface area contributed by atoms with Gasteiger partial charge in [-0.1, -0.05) is 53.9 Å². The maximum Gasteiger partial charge on any atom is 0.339 e. The average Bonchev–Trinajstić information content (AvgIpc) is 2.52. The lowest BCUT2D eigenvalue weighted by Crippen LogP contribution is -2.56. The van der Waals surface area contributed by atoms with Gasteiger partial charge in [0, 0.05) is 6.42 Å². The summed E-state index contributed by atoms with van der Waals surface area (Å²) in [4.78, 5) is 23.3. The van der Waals surface area contributed by atoms with E-state index in [0.717, 1.165) is 0 Å². The van der Waals surface area contributed by atoms with Crippen LogP contribution in [0, 0.1) is 0 Å². The number of para-hydroxylation sites is 1. The summed E-state index contributed by atoms with van der Waals surface area (Å²) in [5.41, 5.74) is 0.693. The lowest BCUT2D eigenvalue weighted by molar-refractivity contribution is -0.121. The molecule has 1 rings (SSSR count). The standard InChI is InChI=1S/C14H16Cl3N3O3S/c1-3-10(21)19-12(14(15,16)17)20-13(24)18-9-7-5-4-6-8(9)11(22)23-2/h4-7,12H,3H2,1-2H3,(H,19,21)(H2,18,20,24)/t12-/m1/s1. The molecule has 1 amide bonds. The fraction of sp³-hybridized carbons (Fsp3) is 0.357. The Hall–Kier alpha value is -1.28. The third kappa shape index (κ3) is 6.32. The summed E-state index contributed by atoms with van der Waals surface area (Å²) in [6, 6.07) is 6.60. The van der Waals surface area contributed by atoms with Crippen LogP contribution in [0.3, 0.4) is 0 Å². The van der Waals surface area contributed by atoms with Gasteiger partial charge in [0.1, 0.15) is 6.17 Å². The van der Waals surface area contributed by atoms with Crippen molar-refractivity contribution < 1.29 is 14.3 Å². The summed E-state index contributed by atoms with van der Waals surface area (Å²) in [5.74, 6) is -0.852.